The van der Waals surface area contributed by atoms with Crippen LogP contribution in [0.4, 0.5) is 10.5 Å². The Kier molecular flexibility index (Phi) is 10.3. The predicted molar refractivity (Wildman–Crippen MR) is 151 cm³/mol. The molecule has 1 atom stereocenters. The van der Waals surface area contributed by atoms with Gasteiger partial charge in [0.25, 0.3) is 0 Å². The van der Waals surface area contributed by atoms with Gasteiger partial charge in [-0.3, -0.25) is 14.5 Å². The summed E-state index contributed by atoms with van der Waals surface area (Å²) in [7, 11) is 1.62. The second-order valence-electron chi connectivity index (χ2n) is 9.45. The molecule has 0 saturated heterocycles. The van der Waals surface area contributed by atoms with E-state index in [9.17, 15) is 19.5 Å². The van der Waals surface area contributed by atoms with E-state index in [1.54, 1.807) is 55.6 Å². The number of carboxylic acids is 1. The summed E-state index contributed by atoms with van der Waals surface area (Å²) in [5.41, 5.74) is 2.39. The van der Waals surface area contributed by atoms with Crippen molar-refractivity contribution in [1.82, 2.24) is 5.32 Å². The van der Waals surface area contributed by atoms with Crippen molar-refractivity contribution in [1.29, 1.82) is 0 Å². The molecule has 6 nitrogen and oxygen atoms in total. The minimum absolute atomic E-state index is 0.0301. The Hall–Kier alpha value is -3.35. The third kappa shape index (κ3) is 8.07. The van der Waals surface area contributed by atoms with E-state index in [1.165, 1.54) is 18.7 Å². The number of halogens is 2. The summed E-state index contributed by atoms with van der Waals surface area (Å²) in [5.74, 6) is -1.25. The summed E-state index contributed by atoms with van der Waals surface area (Å²) in [4.78, 5) is 38.2. The lowest BCUT2D eigenvalue weighted by molar-refractivity contribution is -0.146. The van der Waals surface area contributed by atoms with Crippen molar-refractivity contribution in [3.8, 4) is 0 Å². The van der Waals surface area contributed by atoms with E-state index in [4.69, 9.17) is 23.2 Å². The highest BCUT2D eigenvalue weighted by molar-refractivity contribution is 6.42. The molecule has 2 aromatic carbocycles. The van der Waals surface area contributed by atoms with Gasteiger partial charge in [-0.15, -0.1) is 0 Å². The highest BCUT2D eigenvalue weighted by Crippen LogP contribution is 2.28. The van der Waals surface area contributed by atoms with Crippen LogP contribution in [-0.4, -0.2) is 29.9 Å². The third-order valence-corrected chi connectivity index (χ3v) is 6.71. The molecule has 0 aromatic heterocycles. The van der Waals surface area contributed by atoms with Crippen molar-refractivity contribution in [3.63, 3.8) is 0 Å². The number of carbonyl (C=O) groups excluding carboxylic acids is 2. The second-order valence-corrected chi connectivity index (χ2v) is 10.3. The van der Waals surface area contributed by atoms with Crippen LogP contribution in [-0.2, 0) is 4.79 Å². The Bertz CT molecular complexity index is 1260. The van der Waals surface area contributed by atoms with Gasteiger partial charge in [-0.05, 0) is 74.2 Å². The molecule has 0 bridgehead atoms. The average Bonchev–Trinajstić information content (AvgIpc) is 2.83. The van der Waals surface area contributed by atoms with Crippen molar-refractivity contribution in [2.45, 2.75) is 40.0 Å². The van der Waals surface area contributed by atoms with E-state index in [-0.39, 0.29) is 24.2 Å². The lowest BCUT2D eigenvalue weighted by Gasteiger charge is -2.19. The van der Waals surface area contributed by atoms with Crippen LogP contribution in [0.25, 0.3) is 0 Å². The van der Waals surface area contributed by atoms with Crippen LogP contribution in [0.5, 0.6) is 0 Å². The highest BCUT2D eigenvalue weighted by Gasteiger charge is 2.30. The van der Waals surface area contributed by atoms with Crippen LogP contribution in [0.3, 0.4) is 0 Å². The second kappa shape index (κ2) is 12.7. The molecule has 0 aliphatic rings. The Balaban J connectivity index is 2.14. The summed E-state index contributed by atoms with van der Waals surface area (Å²) >= 11 is 12.0. The zero-order chi connectivity index (χ0) is 27.9. The topological polar surface area (TPSA) is 86.7 Å². The van der Waals surface area contributed by atoms with E-state index >= 15 is 0 Å². The number of benzene rings is 2. The standard InChI is InChI=1S/C29H32Cl2N2O4/c1-7-8-21(32-28(37)33(6)22-12-14-24(30)25(31)16-22)11-9-18(2)23-13-10-20(15-19(23)3)26(34)17-29(4,5)27(35)36/h7-16,18H,1,17H2,2-6H3,(H,32,37)(H,35,36)/b11-9-,21-8+. The molecule has 2 aromatic rings. The van der Waals surface area contributed by atoms with Crippen molar-refractivity contribution >= 4 is 46.7 Å². The summed E-state index contributed by atoms with van der Waals surface area (Å²) in [6.07, 6.45) is 6.91. The summed E-state index contributed by atoms with van der Waals surface area (Å²) < 4.78 is 0. The van der Waals surface area contributed by atoms with Gasteiger partial charge in [0.15, 0.2) is 5.78 Å². The largest absolute Gasteiger partial charge is 0.481 e. The number of ketones is 1. The van der Waals surface area contributed by atoms with Gasteiger partial charge in [0.2, 0.25) is 0 Å². The maximum Gasteiger partial charge on any atom is 0.326 e. The smallest absolute Gasteiger partial charge is 0.326 e. The summed E-state index contributed by atoms with van der Waals surface area (Å²) in [5, 5.41) is 12.9. The third-order valence-electron chi connectivity index (χ3n) is 5.97. The van der Waals surface area contributed by atoms with Gasteiger partial charge in [0.05, 0.1) is 15.5 Å². The fourth-order valence-corrected chi connectivity index (χ4v) is 3.87. The number of rotatable bonds is 10. The number of aliphatic carboxylic acids is 1. The van der Waals surface area contributed by atoms with E-state index in [1.807, 2.05) is 26.0 Å². The van der Waals surface area contributed by atoms with E-state index < -0.39 is 11.4 Å². The number of nitrogens with zero attached hydrogens (tertiary/aromatic N) is 1. The minimum Gasteiger partial charge on any atom is -0.481 e. The number of Topliss-reactive ketones (excluding diaryl/α,β-unsaturated/α-hetero) is 1. The van der Waals surface area contributed by atoms with Crippen LogP contribution in [0.2, 0.25) is 10.0 Å². The van der Waals surface area contributed by atoms with Crippen LogP contribution in [0.1, 0.15) is 54.6 Å². The van der Waals surface area contributed by atoms with Crippen LogP contribution < -0.4 is 10.2 Å². The summed E-state index contributed by atoms with van der Waals surface area (Å²) in [6.45, 7) is 10.7. The number of hydrogen-bond donors (Lipinski definition) is 2. The zero-order valence-corrected chi connectivity index (χ0v) is 23.2. The molecular formula is C29H32Cl2N2O4. The number of aryl methyl sites for hydroxylation is 1. The van der Waals surface area contributed by atoms with Gasteiger partial charge < -0.3 is 10.4 Å². The molecule has 0 aliphatic carbocycles. The van der Waals surface area contributed by atoms with Gasteiger partial charge >= 0.3 is 12.0 Å². The molecule has 0 aliphatic heterocycles. The first-order valence-electron chi connectivity index (χ1n) is 11.6. The number of amides is 2. The van der Waals surface area contributed by atoms with Gasteiger partial charge in [-0.2, -0.15) is 0 Å². The molecule has 0 heterocycles. The van der Waals surface area contributed by atoms with Crippen LogP contribution >= 0.6 is 23.2 Å². The molecule has 0 saturated carbocycles. The van der Waals surface area contributed by atoms with E-state index in [0.717, 1.165) is 11.1 Å². The molecule has 37 heavy (non-hydrogen) atoms. The van der Waals surface area contributed by atoms with Crippen LogP contribution in [0.15, 0.2) is 73.0 Å². The first-order chi connectivity index (χ1) is 17.3. The maximum atomic E-state index is 12.8. The fraction of sp³-hybridized carbons (Fsp3) is 0.276. The number of nitrogens with one attached hydrogen (secondary N) is 1. The van der Waals surface area contributed by atoms with Crippen molar-refractivity contribution in [3.05, 3.63) is 99.7 Å². The zero-order valence-electron chi connectivity index (χ0n) is 21.6. The van der Waals surface area contributed by atoms with Crippen molar-refractivity contribution in [2.24, 2.45) is 5.41 Å². The molecule has 0 radical (unpaired) electrons. The molecule has 2 N–H and O–H groups in total. The van der Waals surface area contributed by atoms with E-state index in [2.05, 4.69) is 11.9 Å². The Morgan fingerprint density at radius 1 is 1.14 bits per heavy atom. The van der Waals surface area contributed by atoms with Crippen molar-refractivity contribution < 1.29 is 19.5 Å². The maximum absolute atomic E-state index is 12.8. The number of anilines is 1. The molecular weight excluding hydrogens is 511 g/mol. The molecule has 8 heteroatoms. The first-order valence-corrected chi connectivity index (χ1v) is 12.4. The molecule has 1 unspecified atom stereocenters. The lowest BCUT2D eigenvalue weighted by atomic mass is 9.84. The van der Waals surface area contributed by atoms with Crippen molar-refractivity contribution in [2.75, 3.05) is 11.9 Å². The Morgan fingerprint density at radius 3 is 2.38 bits per heavy atom. The van der Waals surface area contributed by atoms with Gasteiger partial charge in [0, 0.05) is 30.4 Å². The first kappa shape index (κ1) is 29.9. The Labute approximate surface area is 228 Å². The number of allylic oxidation sites excluding steroid dienone is 4. The molecule has 2 rings (SSSR count). The predicted octanol–water partition coefficient (Wildman–Crippen LogP) is 7.56. The SMILES string of the molecule is C=C/C=C(\C=C/C(C)c1ccc(C(=O)CC(C)(C)C(=O)O)cc1C)NC(=O)N(C)c1ccc(Cl)c(Cl)c1. The number of hydrogen-bond acceptors (Lipinski definition) is 3. The number of carboxylic acid groups (broad SMARTS) is 1. The quantitative estimate of drug-likeness (QED) is 0.239. The van der Waals surface area contributed by atoms with Gasteiger partial charge in [-0.25, -0.2) is 4.79 Å². The molecule has 0 fully saturated rings. The summed E-state index contributed by atoms with van der Waals surface area (Å²) in [6, 6.07) is 9.95. The highest BCUT2D eigenvalue weighted by atomic mass is 35.5. The lowest BCUT2D eigenvalue weighted by Crippen LogP contribution is -2.36. The molecule has 196 valence electrons. The van der Waals surface area contributed by atoms with Gasteiger partial charge in [0.1, 0.15) is 0 Å². The molecule has 0 spiro atoms. The van der Waals surface area contributed by atoms with Gasteiger partial charge in [-0.1, -0.05) is 61.0 Å². The average molecular weight is 543 g/mol. The van der Waals surface area contributed by atoms with Crippen LogP contribution in [0, 0.1) is 12.3 Å². The fourth-order valence-electron chi connectivity index (χ4n) is 3.57. The minimum atomic E-state index is -1.13. The van der Waals surface area contributed by atoms with E-state index in [0.29, 0.717) is 27.0 Å². The normalized spacial score (nSPS) is 12.8. The monoisotopic (exact) mass is 542 g/mol. The Morgan fingerprint density at radius 2 is 1.81 bits per heavy atom. The number of carbonyl (C=O) groups is 3. The number of urea groups is 1. The molecule has 2 amide bonds.